The summed E-state index contributed by atoms with van der Waals surface area (Å²) < 4.78 is 16.1. The Morgan fingerprint density at radius 2 is 1.37 bits per heavy atom. The lowest BCUT2D eigenvalue weighted by Crippen LogP contribution is -2.02. The SMILES string of the molecule is COc1ccc(C(C)c2c(-c3ccccc3)ccc(OC)c2O)cc1OC. The van der Waals surface area contributed by atoms with Crippen molar-refractivity contribution >= 4 is 0 Å². The Kier molecular flexibility index (Phi) is 5.55. The van der Waals surface area contributed by atoms with Gasteiger partial charge >= 0.3 is 0 Å². The lowest BCUT2D eigenvalue weighted by atomic mass is 9.86. The summed E-state index contributed by atoms with van der Waals surface area (Å²) in [7, 11) is 4.79. The number of phenolic OH excluding ortho intramolecular Hbond substituents is 1. The van der Waals surface area contributed by atoms with Crippen molar-refractivity contribution in [1.29, 1.82) is 0 Å². The minimum Gasteiger partial charge on any atom is -0.504 e. The van der Waals surface area contributed by atoms with Crippen LogP contribution < -0.4 is 14.2 Å². The maximum atomic E-state index is 10.9. The standard InChI is InChI=1S/C23H24O4/c1-15(17-10-12-19(25-2)21(14-17)27-4)22-18(16-8-6-5-7-9-16)11-13-20(26-3)23(22)24/h5-15,24H,1-4H3. The van der Waals surface area contributed by atoms with E-state index >= 15 is 0 Å². The number of benzene rings is 3. The molecule has 0 bridgehead atoms. The molecule has 0 fully saturated rings. The Bertz CT molecular complexity index is 919. The van der Waals surface area contributed by atoms with Crippen molar-refractivity contribution in [3.05, 3.63) is 71.8 Å². The van der Waals surface area contributed by atoms with Gasteiger partial charge in [-0.1, -0.05) is 49.4 Å². The van der Waals surface area contributed by atoms with Gasteiger partial charge in [-0.2, -0.15) is 0 Å². The highest BCUT2D eigenvalue weighted by Gasteiger charge is 2.22. The maximum absolute atomic E-state index is 10.9. The van der Waals surface area contributed by atoms with Crippen molar-refractivity contribution in [3.63, 3.8) is 0 Å². The number of phenols is 1. The van der Waals surface area contributed by atoms with Crippen LogP contribution in [-0.2, 0) is 0 Å². The highest BCUT2D eigenvalue weighted by Crippen LogP contribution is 2.44. The van der Waals surface area contributed by atoms with Gasteiger partial charge in [0.25, 0.3) is 0 Å². The molecule has 140 valence electrons. The first-order chi connectivity index (χ1) is 13.1. The lowest BCUT2D eigenvalue weighted by Gasteiger charge is -2.21. The van der Waals surface area contributed by atoms with Crippen molar-refractivity contribution in [2.45, 2.75) is 12.8 Å². The van der Waals surface area contributed by atoms with E-state index in [0.717, 1.165) is 22.3 Å². The largest absolute Gasteiger partial charge is 0.504 e. The number of rotatable bonds is 6. The van der Waals surface area contributed by atoms with Crippen LogP contribution in [0, 0.1) is 0 Å². The van der Waals surface area contributed by atoms with Crippen LogP contribution in [0.1, 0.15) is 24.0 Å². The first-order valence-electron chi connectivity index (χ1n) is 8.77. The molecule has 0 aromatic heterocycles. The molecular weight excluding hydrogens is 340 g/mol. The monoisotopic (exact) mass is 364 g/mol. The second kappa shape index (κ2) is 8.04. The van der Waals surface area contributed by atoms with E-state index in [1.165, 1.54) is 0 Å². The van der Waals surface area contributed by atoms with Crippen LogP contribution in [0.25, 0.3) is 11.1 Å². The molecule has 0 spiro atoms. The van der Waals surface area contributed by atoms with Crippen molar-refractivity contribution in [3.8, 4) is 34.1 Å². The fraction of sp³-hybridized carbons (Fsp3) is 0.217. The molecular formula is C23H24O4. The van der Waals surface area contributed by atoms with Gasteiger partial charge in [0.15, 0.2) is 23.0 Å². The van der Waals surface area contributed by atoms with Gasteiger partial charge in [0.1, 0.15) is 0 Å². The quantitative estimate of drug-likeness (QED) is 0.650. The molecule has 0 amide bonds. The number of aromatic hydroxyl groups is 1. The fourth-order valence-corrected chi connectivity index (χ4v) is 3.35. The van der Waals surface area contributed by atoms with Gasteiger partial charge in [0, 0.05) is 11.5 Å². The predicted molar refractivity (Wildman–Crippen MR) is 107 cm³/mol. The zero-order chi connectivity index (χ0) is 19.4. The first-order valence-corrected chi connectivity index (χ1v) is 8.77. The van der Waals surface area contributed by atoms with Gasteiger partial charge in [-0.3, -0.25) is 0 Å². The lowest BCUT2D eigenvalue weighted by molar-refractivity contribution is 0.354. The maximum Gasteiger partial charge on any atom is 0.162 e. The summed E-state index contributed by atoms with van der Waals surface area (Å²) in [4.78, 5) is 0. The summed E-state index contributed by atoms with van der Waals surface area (Å²) in [6.07, 6.45) is 0. The minimum atomic E-state index is -0.0879. The smallest absolute Gasteiger partial charge is 0.162 e. The van der Waals surface area contributed by atoms with E-state index in [9.17, 15) is 5.11 Å². The van der Waals surface area contributed by atoms with E-state index < -0.39 is 0 Å². The molecule has 0 aliphatic heterocycles. The Morgan fingerprint density at radius 3 is 2.00 bits per heavy atom. The first kappa shape index (κ1) is 18.6. The molecule has 1 N–H and O–H groups in total. The summed E-state index contributed by atoms with van der Waals surface area (Å²) >= 11 is 0. The van der Waals surface area contributed by atoms with Crippen LogP contribution >= 0.6 is 0 Å². The molecule has 27 heavy (non-hydrogen) atoms. The van der Waals surface area contributed by atoms with Gasteiger partial charge in [-0.15, -0.1) is 0 Å². The fourth-order valence-electron chi connectivity index (χ4n) is 3.35. The zero-order valence-corrected chi connectivity index (χ0v) is 16.0. The third-order valence-corrected chi connectivity index (χ3v) is 4.83. The molecule has 4 nitrogen and oxygen atoms in total. The van der Waals surface area contributed by atoms with Gasteiger partial charge < -0.3 is 19.3 Å². The van der Waals surface area contributed by atoms with Crippen molar-refractivity contribution < 1.29 is 19.3 Å². The Morgan fingerprint density at radius 1 is 0.741 bits per heavy atom. The molecule has 0 aliphatic rings. The molecule has 0 saturated heterocycles. The highest BCUT2D eigenvalue weighted by molar-refractivity contribution is 5.74. The van der Waals surface area contributed by atoms with Crippen molar-refractivity contribution in [2.75, 3.05) is 21.3 Å². The Balaban J connectivity index is 2.17. The average molecular weight is 364 g/mol. The summed E-state index contributed by atoms with van der Waals surface area (Å²) in [5, 5.41) is 10.9. The molecule has 3 aromatic carbocycles. The average Bonchev–Trinajstić information content (AvgIpc) is 2.73. The van der Waals surface area contributed by atoms with E-state index in [1.54, 1.807) is 27.4 Å². The van der Waals surface area contributed by atoms with Gasteiger partial charge in [-0.25, -0.2) is 0 Å². The van der Waals surface area contributed by atoms with Crippen molar-refractivity contribution in [2.24, 2.45) is 0 Å². The van der Waals surface area contributed by atoms with Gasteiger partial charge in [-0.05, 0) is 34.9 Å². The molecule has 1 atom stereocenters. The molecule has 0 heterocycles. The van der Waals surface area contributed by atoms with Crippen LogP contribution in [0.15, 0.2) is 60.7 Å². The second-order valence-corrected chi connectivity index (χ2v) is 6.28. The van der Waals surface area contributed by atoms with E-state index in [0.29, 0.717) is 17.2 Å². The number of hydrogen-bond donors (Lipinski definition) is 1. The van der Waals surface area contributed by atoms with Gasteiger partial charge in [0.2, 0.25) is 0 Å². The summed E-state index contributed by atoms with van der Waals surface area (Å²) in [6, 6.07) is 19.6. The third-order valence-electron chi connectivity index (χ3n) is 4.83. The van der Waals surface area contributed by atoms with E-state index in [-0.39, 0.29) is 11.7 Å². The van der Waals surface area contributed by atoms with E-state index in [1.807, 2.05) is 54.6 Å². The molecule has 0 aliphatic carbocycles. The van der Waals surface area contributed by atoms with Gasteiger partial charge in [0.05, 0.1) is 21.3 Å². The predicted octanol–water partition coefficient (Wildman–Crippen LogP) is 5.24. The molecule has 3 aromatic rings. The normalized spacial score (nSPS) is 11.7. The molecule has 3 rings (SSSR count). The molecule has 1 unspecified atom stereocenters. The number of hydrogen-bond acceptors (Lipinski definition) is 4. The zero-order valence-electron chi connectivity index (χ0n) is 16.0. The van der Waals surface area contributed by atoms with Crippen LogP contribution in [0.5, 0.6) is 23.0 Å². The summed E-state index contributed by atoms with van der Waals surface area (Å²) in [5.74, 6) is 1.85. The Labute approximate surface area is 160 Å². The second-order valence-electron chi connectivity index (χ2n) is 6.28. The number of methoxy groups -OCH3 is 3. The highest BCUT2D eigenvalue weighted by atomic mass is 16.5. The molecule has 4 heteroatoms. The van der Waals surface area contributed by atoms with Crippen molar-refractivity contribution in [1.82, 2.24) is 0 Å². The van der Waals surface area contributed by atoms with E-state index in [2.05, 4.69) is 6.92 Å². The number of ether oxygens (including phenoxy) is 3. The van der Waals surface area contributed by atoms with Crippen LogP contribution in [0.3, 0.4) is 0 Å². The third kappa shape index (κ3) is 3.56. The van der Waals surface area contributed by atoms with Crippen LogP contribution in [0.4, 0.5) is 0 Å². The molecule has 0 radical (unpaired) electrons. The van der Waals surface area contributed by atoms with E-state index in [4.69, 9.17) is 14.2 Å². The molecule has 0 saturated carbocycles. The van der Waals surface area contributed by atoms with Crippen LogP contribution in [0.2, 0.25) is 0 Å². The Hall–Kier alpha value is -3.14. The minimum absolute atomic E-state index is 0.0879. The topological polar surface area (TPSA) is 47.9 Å². The summed E-state index contributed by atoms with van der Waals surface area (Å²) in [6.45, 7) is 2.06. The summed E-state index contributed by atoms with van der Waals surface area (Å²) in [5.41, 5.74) is 3.83. The van der Waals surface area contributed by atoms with Crippen LogP contribution in [-0.4, -0.2) is 26.4 Å².